The summed E-state index contributed by atoms with van der Waals surface area (Å²) in [7, 11) is 0. The Hall–Kier alpha value is -1.40. The lowest BCUT2D eigenvalue weighted by atomic mass is 10.2. The Kier molecular flexibility index (Phi) is 4.77. The zero-order valence-corrected chi connectivity index (χ0v) is 13.3. The first-order chi connectivity index (χ1) is 9.52. The predicted octanol–water partition coefficient (Wildman–Crippen LogP) is 2.02. The van der Waals surface area contributed by atoms with E-state index in [9.17, 15) is 4.79 Å². The molecule has 1 amide bonds. The third kappa shape index (κ3) is 3.19. The minimum absolute atomic E-state index is 0.0479. The summed E-state index contributed by atoms with van der Waals surface area (Å²) < 4.78 is 2.11. The zero-order valence-electron chi connectivity index (χ0n) is 12.5. The van der Waals surface area contributed by atoms with Crippen LogP contribution in [0.3, 0.4) is 0 Å². The number of rotatable bonds is 6. The largest absolute Gasteiger partial charge is 0.355 e. The molecule has 2 aromatic rings. The van der Waals surface area contributed by atoms with E-state index in [-0.39, 0.29) is 11.9 Å². The maximum absolute atomic E-state index is 11.8. The van der Waals surface area contributed by atoms with E-state index in [1.54, 1.807) is 11.3 Å². The molecule has 2 rings (SSSR count). The number of hydrogen-bond donors (Lipinski definition) is 2. The number of hydrogen-bond acceptors (Lipinski definition) is 4. The lowest BCUT2D eigenvalue weighted by molar-refractivity contribution is -0.122. The standard InChI is InChI=1S/C14H22N4OS/c1-5-6-15-13(19)11(4)16-7-12-10(3)17-14-18(12)8-9(2)20-14/h8,11,16H,5-7H2,1-4H3,(H,15,19). The van der Waals surface area contributed by atoms with Crippen LogP contribution in [0, 0.1) is 13.8 Å². The number of carbonyl (C=O) groups excluding carboxylic acids is 1. The van der Waals surface area contributed by atoms with Gasteiger partial charge in [-0.1, -0.05) is 6.92 Å². The summed E-state index contributed by atoms with van der Waals surface area (Å²) in [6.07, 6.45) is 3.05. The third-order valence-corrected chi connectivity index (χ3v) is 4.16. The molecular weight excluding hydrogens is 272 g/mol. The molecule has 2 N–H and O–H groups in total. The quantitative estimate of drug-likeness (QED) is 0.857. The number of thiazole rings is 1. The summed E-state index contributed by atoms with van der Waals surface area (Å²) in [5.41, 5.74) is 2.14. The van der Waals surface area contributed by atoms with Gasteiger partial charge in [-0.05, 0) is 27.2 Å². The van der Waals surface area contributed by atoms with Gasteiger partial charge in [0.2, 0.25) is 5.91 Å². The average Bonchev–Trinajstić information content (AvgIpc) is 2.88. The van der Waals surface area contributed by atoms with Gasteiger partial charge >= 0.3 is 0 Å². The van der Waals surface area contributed by atoms with Crippen LogP contribution in [0.4, 0.5) is 0 Å². The van der Waals surface area contributed by atoms with Crippen LogP contribution < -0.4 is 10.6 Å². The van der Waals surface area contributed by atoms with Crippen molar-refractivity contribution in [1.82, 2.24) is 20.0 Å². The zero-order chi connectivity index (χ0) is 14.7. The highest BCUT2D eigenvalue weighted by molar-refractivity contribution is 7.17. The second-order valence-electron chi connectivity index (χ2n) is 5.03. The topological polar surface area (TPSA) is 58.4 Å². The van der Waals surface area contributed by atoms with E-state index in [0.29, 0.717) is 6.54 Å². The van der Waals surface area contributed by atoms with E-state index < -0.39 is 0 Å². The van der Waals surface area contributed by atoms with Crippen molar-refractivity contribution in [3.05, 3.63) is 22.5 Å². The van der Waals surface area contributed by atoms with Crippen molar-refractivity contribution < 1.29 is 4.79 Å². The first kappa shape index (κ1) is 15.0. The summed E-state index contributed by atoms with van der Waals surface area (Å²) in [6.45, 7) is 9.39. The third-order valence-electron chi connectivity index (χ3n) is 3.26. The molecule has 1 unspecified atom stereocenters. The number of nitrogens with one attached hydrogen (secondary N) is 2. The second kappa shape index (κ2) is 6.37. The van der Waals surface area contributed by atoms with Crippen molar-refractivity contribution in [2.45, 2.75) is 46.7 Å². The van der Waals surface area contributed by atoms with Gasteiger partial charge in [0.15, 0.2) is 4.96 Å². The molecule has 6 heteroatoms. The summed E-state index contributed by atoms with van der Waals surface area (Å²) in [6, 6.07) is -0.203. The van der Waals surface area contributed by atoms with Crippen LogP contribution in [0.2, 0.25) is 0 Å². The van der Waals surface area contributed by atoms with Gasteiger partial charge < -0.3 is 10.6 Å². The van der Waals surface area contributed by atoms with Gasteiger partial charge in [-0.25, -0.2) is 4.98 Å². The van der Waals surface area contributed by atoms with Crippen LogP contribution in [0.1, 0.15) is 36.5 Å². The van der Waals surface area contributed by atoms with Crippen molar-refractivity contribution in [3.63, 3.8) is 0 Å². The summed E-state index contributed by atoms with van der Waals surface area (Å²) in [4.78, 5) is 18.6. The molecule has 0 aliphatic rings. The number of fused-ring (bicyclic) bond motifs is 1. The van der Waals surface area contributed by atoms with Gasteiger partial charge in [0.1, 0.15) is 0 Å². The molecule has 0 aliphatic heterocycles. The minimum atomic E-state index is -0.203. The van der Waals surface area contributed by atoms with Crippen LogP contribution in [0.15, 0.2) is 6.20 Å². The van der Waals surface area contributed by atoms with Crippen molar-refractivity contribution in [3.8, 4) is 0 Å². The number of imidazole rings is 1. The summed E-state index contributed by atoms with van der Waals surface area (Å²) >= 11 is 1.68. The molecule has 2 heterocycles. The van der Waals surface area contributed by atoms with Gasteiger partial charge in [-0.2, -0.15) is 0 Å². The number of carbonyl (C=O) groups is 1. The Morgan fingerprint density at radius 1 is 1.50 bits per heavy atom. The molecule has 5 nitrogen and oxygen atoms in total. The monoisotopic (exact) mass is 294 g/mol. The number of amides is 1. The maximum Gasteiger partial charge on any atom is 0.236 e. The molecule has 0 radical (unpaired) electrons. The van der Waals surface area contributed by atoms with E-state index >= 15 is 0 Å². The first-order valence-corrected chi connectivity index (χ1v) is 7.79. The van der Waals surface area contributed by atoms with E-state index in [4.69, 9.17) is 0 Å². The molecule has 2 aromatic heterocycles. The van der Waals surface area contributed by atoms with Crippen molar-refractivity contribution >= 4 is 22.2 Å². The lowest BCUT2D eigenvalue weighted by Crippen LogP contribution is -2.42. The van der Waals surface area contributed by atoms with Gasteiger partial charge in [0.05, 0.1) is 17.4 Å². The van der Waals surface area contributed by atoms with Crippen LogP contribution >= 0.6 is 11.3 Å². The van der Waals surface area contributed by atoms with E-state index in [2.05, 4.69) is 33.1 Å². The Labute approximate surface area is 123 Å². The lowest BCUT2D eigenvalue weighted by Gasteiger charge is -2.13. The maximum atomic E-state index is 11.8. The molecule has 110 valence electrons. The van der Waals surface area contributed by atoms with Crippen LogP contribution in [-0.4, -0.2) is 27.9 Å². The highest BCUT2D eigenvalue weighted by atomic mass is 32.1. The molecule has 0 spiro atoms. The highest BCUT2D eigenvalue weighted by Crippen LogP contribution is 2.20. The fraction of sp³-hybridized carbons (Fsp3) is 0.571. The molecule has 0 saturated heterocycles. The molecule has 0 aromatic carbocycles. The predicted molar refractivity (Wildman–Crippen MR) is 82.1 cm³/mol. The van der Waals surface area contributed by atoms with Crippen molar-refractivity contribution in [1.29, 1.82) is 0 Å². The van der Waals surface area contributed by atoms with Crippen molar-refractivity contribution in [2.24, 2.45) is 0 Å². The smallest absolute Gasteiger partial charge is 0.236 e. The normalized spacial score (nSPS) is 12.8. The SMILES string of the molecule is CCCNC(=O)C(C)NCc1c(C)nc2sc(C)cn12. The minimum Gasteiger partial charge on any atom is -0.355 e. The van der Waals surface area contributed by atoms with E-state index in [1.807, 2.05) is 20.8 Å². The fourth-order valence-electron chi connectivity index (χ4n) is 2.07. The first-order valence-electron chi connectivity index (χ1n) is 6.98. The second-order valence-corrected chi connectivity index (χ2v) is 6.25. The van der Waals surface area contributed by atoms with E-state index in [1.165, 1.54) is 4.88 Å². The Morgan fingerprint density at radius 3 is 2.95 bits per heavy atom. The van der Waals surface area contributed by atoms with Crippen molar-refractivity contribution in [2.75, 3.05) is 6.54 Å². The Morgan fingerprint density at radius 2 is 2.25 bits per heavy atom. The van der Waals surface area contributed by atoms with Gasteiger partial charge in [0.25, 0.3) is 0 Å². The molecule has 1 atom stereocenters. The summed E-state index contributed by atoms with van der Waals surface area (Å²) in [5.74, 6) is 0.0479. The van der Waals surface area contributed by atoms with Gasteiger partial charge in [-0.3, -0.25) is 9.20 Å². The van der Waals surface area contributed by atoms with Crippen LogP contribution in [0.5, 0.6) is 0 Å². The fourth-order valence-corrected chi connectivity index (χ4v) is 2.96. The number of aromatic nitrogens is 2. The molecule has 0 fully saturated rings. The average molecular weight is 294 g/mol. The molecular formula is C14H22N4OS. The Balaban J connectivity index is 2.01. The molecule has 0 saturated carbocycles. The number of aryl methyl sites for hydroxylation is 2. The highest BCUT2D eigenvalue weighted by Gasteiger charge is 2.15. The van der Waals surface area contributed by atoms with Crippen LogP contribution in [-0.2, 0) is 11.3 Å². The molecule has 0 bridgehead atoms. The van der Waals surface area contributed by atoms with Gasteiger partial charge in [0, 0.05) is 24.2 Å². The molecule has 20 heavy (non-hydrogen) atoms. The number of nitrogens with zero attached hydrogens (tertiary/aromatic N) is 2. The molecule has 0 aliphatic carbocycles. The van der Waals surface area contributed by atoms with Gasteiger partial charge in [-0.15, -0.1) is 11.3 Å². The Bertz CT molecular complexity index is 602. The summed E-state index contributed by atoms with van der Waals surface area (Å²) in [5, 5.41) is 6.16. The van der Waals surface area contributed by atoms with E-state index in [0.717, 1.165) is 29.3 Å². The van der Waals surface area contributed by atoms with Crippen LogP contribution in [0.25, 0.3) is 4.96 Å².